The van der Waals surface area contributed by atoms with Crippen molar-refractivity contribution in [3.05, 3.63) is 78.4 Å². The lowest BCUT2D eigenvalue weighted by molar-refractivity contribution is -0.113. The number of anilines is 1. The fourth-order valence-electron chi connectivity index (χ4n) is 4.69. The van der Waals surface area contributed by atoms with Gasteiger partial charge >= 0.3 is 0 Å². The third-order valence-corrected chi connectivity index (χ3v) is 9.87. The summed E-state index contributed by atoms with van der Waals surface area (Å²) >= 11 is 1.24. The van der Waals surface area contributed by atoms with Gasteiger partial charge in [-0.1, -0.05) is 75.0 Å². The number of para-hydroxylation sites is 1. The molecule has 12 heteroatoms. The van der Waals surface area contributed by atoms with Crippen molar-refractivity contribution in [3.8, 4) is 22.8 Å². The van der Waals surface area contributed by atoms with Crippen molar-refractivity contribution >= 4 is 33.4 Å². The summed E-state index contributed by atoms with van der Waals surface area (Å²) in [6.45, 7) is 7.67. The van der Waals surface area contributed by atoms with Crippen molar-refractivity contribution in [3.63, 3.8) is 0 Å². The number of nitrogens with zero attached hydrogens (tertiary/aromatic N) is 4. The van der Waals surface area contributed by atoms with E-state index in [2.05, 4.69) is 48.4 Å². The Labute approximate surface area is 256 Å². The molecule has 1 saturated heterocycles. The zero-order valence-corrected chi connectivity index (χ0v) is 26.2. The lowest BCUT2D eigenvalue weighted by Gasteiger charge is -2.26. The second-order valence-corrected chi connectivity index (χ2v) is 13.9. The van der Waals surface area contributed by atoms with E-state index in [1.807, 2.05) is 47.0 Å². The van der Waals surface area contributed by atoms with E-state index >= 15 is 0 Å². The van der Waals surface area contributed by atoms with Crippen LogP contribution in [-0.2, 0) is 25.0 Å². The van der Waals surface area contributed by atoms with Crippen LogP contribution >= 0.6 is 11.8 Å². The van der Waals surface area contributed by atoms with E-state index in [1.54, 1.807) is 12.1 Å². The molecular weight excluding hydrogens is 587 g/mol. The highest BCUT2D eigenvalue weighted by atomic mass is 32.2. The topological polar surface area (TPSA) is 116 Å². The first-order valence-electron chi connectivity index (χ1n) is 13.9. The lowest BCUT2D eigenvalue weighted by Crippen LogP contribution is -2.40. The molecule has 0 spiro atoms. The van der Waals surface area contributed by atoms with Gasteiger partial charge in [0.1, 0.15) is 10.6 Å². The number of hydrogen-bond acceptors (Lipinski definition) is 8. The number of methoxy groups -OCH3 is 1. The molecule has 0 unspecified atom stereocenters. The zero-order valence-electron chi connectivity index (χ0n) is 24.6. The van der Waals surface area contributed by atoms with Crippen molar-refractivity contribution in [2.75, 3.05) is 44.5 Å². The van der Waals surface area contributed by atoms with Gasteiger partial charge in [0.15, 0.2) is 11.0 Å². The maximum absolute atomic E-state index is 13.3. The summed E-state index contributed by atoms with van der Waals surface area (Å²) in [4.78, 5) is 13.1. The second-order valence-electron chi connectivity index (χ2n) is 11.0. The highest BCUT2D eigenvalue weighted by Gasteiger charge is 2.30. The van der Waals surface area contributed by atoms with Crippen LogP contribution in [0.2, 0.25) is 0 Å². The maximum Gasteiger partial charge on any atom is 0.246 e. The predicted octanol–water partition coefficient (Wildman–Crippen LogP) is 4.99. The second kappa shape index (κ2) is 12.9. The predicted molar refractivity (Wildman–Crippen MR) is 167 cm³/mol. The van der Waals surface area contributed by atoms with Gasteiger partial charge in [0.05, 0.1) is 26.1 Å². The van der Waals surface area contributed by atoms with Crippen molar-refractivity contribution in [1.82, 2.24) is 19.1 Å². The van der Waals surface area contributed by atoms with Crippen LogP contribution in [0, 0.1) is 0 Å². The van der Waals surface area contributed by atoms with Gasteiger partial charge in [0.2, 0.25) is 15.9 Å². The number of carbonyl (C=O) groups excluding carboxylic acids is 1. The highest BCUT2D eigenvalue weighted by Crippen LogP contribution is 2.32. The number of thioether (sulfide) groups is 1. The normalized spacial score (nSPS) is 14.4. The summed E-state index contributed by atoms with van der Waals surface area (Å²) < 4.78 is 40.6. The average molecular weight is 622 g/mol. The number of ether oxygens (including phenoxy) is 2. The number of amides is 1. The van der Waals surface area contributed by atoms with Crippen LogP contribution in [-0.4, -0.2) is 72.6 Å². The molecule has 2 heterocycles. The van der Waals surface area contributed by atoms with Gasteiger partial charge in [-0.2, -0.15) is 4.31 Å². The molecule has 10 nitrogen and oxygen atoms in total. The Morgan fingerprint density at radius 1 is 1.00 bits per heavy atom. The van der Waals surface area contributed by atoms with Crippen LogP contribution in [0.25, 0.3) is 17.1 Å². The van der Waals surface area contributed by atoms with Crippen LogP contribution in [0.15, 0.2) is 82.8 Å². The third kappa shape index (κ3) is 6.93. The Balaban J connectivity index is 1.36. The van der Waals surface area contributed by atoms with Crippen molar-refractivity contribution in [1.29, 1.82) is 0 Å². The fraction of sp³-hybridized carbons (Fsp3) is 0.323. The minimum Gasteiger partial charge on any atom is -0.495 e. The molecule has 1 fully saturated rings. The van der Waals surface area contributed by atoms with E-state index in [0.717, 1.165) is 11.3 Å². The van der Waals surface area contributed by atoms with Gasteiger partial charge in [-0.25, -0.2) is 8.42 Å². The number of nitrogens with one attached hydrogen (secondary N) is 1. The minimum atomic E-state index is -3.84. The monoisotopic (exact) mass is 621 g/mol. The maximum atomic E-state index is 13.3. The average Bonchev–Trinajstić information content (AvgIpc) is 3.44. The summed E-state index contributed by atoms with van der Waals surface area (Å²) in [5.74, 6) is 0.593. The number of aromatic nitrogens is 3. The first kappa shape index (κ1) is 30.7. The summed E-state index contributed by atoms with van der Waals surface area (Å²) in [6, 6.07) is 22.6. The summed E-state index contributed by atoms with van der Waals surface area (Å²) in [5.41, 5.74) is 3.37. The molecule has 1 N–H and O–H groups in total. The molecule has 1 amide bonds. The van der Waals surface area contributed by atoms with Gasteiger partial charge < -0.3 is 14.8 Å². The number of morpholine rings is 1. The van der Waals surface area contributed by atoms with Crippen LogP contribution in [0.1, 0.15) is 26.3 Å². The van der Waals surface area contributed by atoms with Gasteiger partial charge in [0, 0.05) is 30.0 Å². The number of benzene rings is 3. The Bertz CT molecular complexity index is 1680. The molecule has 1 aromatic heterocycles. The van der Waals surface area contributed by atoms with E-state index in [1.165, 1.54) is 34.8 Å². The summed E-state index contributed by atoms with van der Waals surface area (Å²) in [5, 5.41) is 12.3. The van der Waals surface area contributed by atoms with Crippen molar-refractivity contribution < 1.29 is 22.7 Å². The number of rotatable bonds is 9. The van der Waals surface area contributed by atoms with Gasteiger partial charge in [-0.3, -0.25) is 9.36 Å². The zero-order chi connectivity index (χ0) is 30.6. The van der Waals surface area contributed by atoms with Crippen molar-refractivity contribution in [2.45, 2.75) is 36.2 Å². The Hall–Kier alpha value is -3.71. The van der Waals surface area contributed by atoms with Crippen LogP contribution in [0.3, 0.4) is 0 Å². The molecular formula is C31H35N5O5S2. The van der Waals surface area contributed by atoms with Crippen LogP contribution < -0.4 is 10.1 Å². The van der Waals surface area contributed by atoms with Gasteiger partial charge in [-0.05, 0) is 41.3 Å². The largest absolute Gasteiger partial charge is 0.495 e. The van der Waals surface area contributed by atoms with Crippen molar-refractivity contribution in [2.24, 2.45) is 0 Å². The number of sulfonamides is 1. The molecule has 3 aromatic carbocycles. The van der Waals surface area contributed by atoms with Crippen LogP contribution in [0.5, 0.6) is 5.75 Å². The molecule has 1 aliphatic rings. The molecule has 4 aromatic rings. The Kier molecular flexibility index (Phi) is 9.21. The van der Waals surface area contributed by atoms with E-state index in [4.69, 9.17) is 9.47 Å². The SMILES string of the molecule is COc1ccc(NC(=O)CSc2nnc(-c3ccc(C(C)(C)C)cc3)n2-c2ccccc2)cc1S(=O)(=O)N1CCOCC1. The van der Waals surface area contributed by atoms with Crippen LogP contribution in [0.4, 0.5) is 5.69 Å². The van der Waals surface area contributed by atoms with E-state index in [0.29, 0.717) is 29.9 Å². The Morgan fingerprint density at radius 2 is 1.70 bits per heavy atom. The van der Waals surface area contributed by atoms with E-state index < -0.39 is 10.0 Å². The molecule has 0 atom stereocenters. The third-order valence-electron chi connectivity index (χ3n) is 7.02. The summed E-state index contributed by atoms with van der Waals surface area (Å²) in [7, 11) is -2.42. The molecule has 0 saturated carbocycles. The first-order valence-corrected chi connectivity index (χ1v) is 16.3. The summed E-state index contributed by atoms with van der Waals surface area (Å²) in [6.07, 6.45) is 0. The quantitative estimate of drug-likeness (QED) is 0.260. The fourth-order valence-corrected chi connectivity index (χ4v) is 7.03. The molecule has 1 aliphatic heterocycles. The molecule has 226 valence electrons. The van der Waals surface area contributed by atoms with E-state index in [-0.39, 0.29) is 40.8 Å². The highest BCUT2D eigenvalue weighted by molar-refractivity contribution is 7.99. The molecule has 0 aliphatic carbocycles. The molecule has 0 bridgehead atoms. The molecule has 5 rings (SSSR count). The standard InChI is InChI=1S/C31H35N5O5S2/c1-31(2,3)23-12-10-22(11-13-23)29-33-34-30(36(29)25-8-6-5-7-9-25)42-21-28(37)32-24-14-15-26(40-4)27(20-24)43(38,39)35-16-18-41-19-17-35/h5-15,20H,16-19,21H2,1-4H3,(H,32,37). The van der Waals surface area contributed by atoms with E-state index in [9.17, 15) is 13.2 Å². The number of carbonyl (C=O) groups is 1. The minimum absolute atomic E-state index is 0.00621. The smallest absolute Gasteiger partial charge is 0.246 e. The Morgan fingerprint density at radius 3 is 2.35 bits per heavy atom. The molecule has 0 radical (unpaired) electrons. The lowest BCUT2D eigenvalue weighted by atomic mass is 9.87. The van der Waals surface area contributed by atoms with Gasteiger partial charge in [-0.15, -0.1) is 10.2 Å². The molecule has 43 heavy (non-hydrogen) atoms. The first-order chi connectivity index (χ1) is 20.6. The van der Waals surface area contributed by atoms with Gasteiger partial charge in [0.25, 0.3) is 0 Å². The number of hydrogen-bond donors (Lipinski definition) is 1.